The van der Waals surface area contributed by atoms with Gasteiger partial charge >= 0.3 is 0 Å². The van der Waals surface area contributed by atoms with Gasteiger partial charge in [0.25, 0.3) is 0 Å². The van der Waals surface area contributed by atoms with Crippen molar-refractivity contribution in [3.63, 3.8) is 0 Å². The summed E-state index contributed by atoms with van der Waals surface area (Å²) in [7, 11) is 0. The second-order valence-electron chi connectivity index (χ2n) is 3.94. The molecule has 0 aromatic heterocycles. The molecule has 1 fully saturated rings. The molecule has 1 heteroatoms. The zero-order valence-corrected chi connectivity index (χ0v) is 7.97. The first-order valence-electron chi connectivity index (χ1n) is 4.83. The van der Waals surface area contributed by atoms with Crippen molar-refractivity contribution >= 4 is 0 Å². The smallest absolute Gasteiger partial charge is 0.0497 e. The van der Waals surface area contributed by atoms with E-state index in [1.54, 1.807) is 0 Å². The number of rotatable bonds is 3. The zero-order valence-electron chi connectivity index (χ0n) is 7.97. The molecule has 0 amide bonds. The Morgan fingerprint density at radius 1 is 1.45 bits per heavy atom. The van der Waals surface area contributed by atoms with E-state index in [1.807, 2.05) is 0 Å². The van der Waals surface area contributed by atoms with Crippen LogP contribution in [0, 0.1) is 17.8 Å². The second kappa shape index (κ2) is 4.10. The van der Waals surface area contributed by atoms with Gasteiger partial charge in [0.2, 0.25) is 0 Å². The Hall–Kier alpha value is -0.0400. The first-order valence-corrected chi connectivity index (χ1v) is 4.83. The van der Waals surface area contributed by atoms with Gasteiger partial charge in [-0.25, -0.2) is 0 Å². The van der Waals surface area contributed by atoms with Crippen LogP contribution in [0.5, 0.6) is 0 Å². The lowest BCUT2D eigenvalue weighted by molar-refractivity contribution is 0.157. The molecule has 66 valence electrons. The van der Waals surface area contributed by atoms with Crippen LogP contribution in [0.15, 0.2) is 0 Å². The third kappa shape index (κ3) is 2.19. The van der Waals surface area contributed by atoms with Crippen molar-refractivity contribution in [2.75, 3.05) is 13.2 Å². The van der Waals surface area contributed by atoms with Gasteiger partial charge in [-0.3, -0.25) is 0 Å². The van der Waals surface area contributed by atoms with Crippen molar-refractivity contribution in [3.05, 3.63) is 0 Å². The maximum atomic E-state index is 5.39. The fourth-order valence-electron chi connectivity index (χ4n) is 2.24. The Bertz CT molecular complexity index is 103. The Morgan fingerprint density at radius 2 is 2.18 bits per heavy atom. The largest absolute Gasteiger partial charge is 0.381 e. The lowest BCUT2D eigenvalue weighted by Gasteiger charge is -2.24. The van der Waals surface area contributed by atoms with E-state index in [0.717, 1.165) is 31.0 Å². The zero-order chi connectivity index (χ0) is 8.27. The molecule has 11 heavy (non-hydrogen) atoms. The maximum Gasteiger partial charge on any atom is 0.0497 e. The van der Waals surface area contributed by atoms with Gasteiger partial charge in [0.05, 0.1) is 0 Å². The number of ether oxygens (including phenoxy) is 1. The average molecular weight is 156 g/mol. The van der Waals surface area contributed by atoms with E-state index in [1.165, 1.54) is 12.8 Å². The predicted molar refractivity (Wildman–Crippen MR) is 47.5 cm³/mol. The highest BCUT2D eigenvalue weighted by Crippen LogP contribution is 2.30. The highest BCUT2D eigenvalue weighted by atomic mass is 16.5. The fourth-order valence-corrected chi connectivity index (χ4v) is 2.24. The van der Waals surface area contributed by atoms with E-state index in [-0.39, 0.29) is 0 Å². The van der Waals surface area contributed by atoms with Crippen molar-refractivity contribution in [2.24, 2.45) is 17.8 Å². The van der Waals surface area contributed by atoms with Crippen LogP contribution in [0.4, 0.5) is 0 Å². The topological polar surface area (TPSA) is 9.23 Å². The Labute approximate surface area is 70.1 Å². The van der Waals surface area contributed by atoms with E-state index in [4.69, 9.17) is 4.74 Å². The quantitative estimate of drug-likeness (QED) is 0.610. The van der Waals surface area contributed by atoms with Crippen LogP contribution in [-0.2, 0) is 4.74 Å². The molecule has 0 aromatic rings. The molecular formula is C10H20O. The summed E-state index contributed by atoms with van der Waals surface area (Å²) in [6, 6.07) is 0. The highest BCUT2D eigenvalue weighted by molar-refractivity contribution is 4.74. The number of hydrogen-bond acceptors (Lipinski definition) is 1. The summed E-state index contributed by atoms with van der Waals surface area (Å²) in [5.74, 6) is 2.56. The predicted octanol–water partition coefficient (Wildman–Crippen LogP) is 2.71. The lowest BCUT2D eigenvalue weighted by Crippen LogP contribution is -2.19. The van der Waals surface area contributed by atoms with Crippen LogP contribution < -0.4 is 0 Å². The van der Waals surface area contributed by atoms with Crippen LogP contribution in [0.2, 0.25) is 0 Å². The van der Waals surface area contributed by atoms with Crippen molar-refractivity contribution in [3.8, 4) is 0 Å². The maximum absolute atomic E-state index is 5.39. The summed E-state index contributed by atoms with van der Waals surface area (Å²) in [5.41, 5.74) is 0. The Kier molecular flexibility index (Phi) is 3.38. The molecule has 2 unspecified atom stereocenters. The molecule has 1 aliphatic rings. The molecule has 1 aliphatic heterocycles. The van der Waals surface area contributed by atoms with Gasteiger partial charge in [-0.2, -0.15) is 0 Å². The van der Waals surface area contributed by atoms with E-state index in [0.29, 0.717) is 0 Å². The molecule has 0 aliphatic carbocycles. The minimum Gasteiger partial charge on any atom is -0.381 e. The molecule has 1 saturated heterocycles. The highest BCUT2D eigenvalue weighted by Gasteiger charge is 2.26. The van der Waals surface area contributed by atoms with Crippen LogP contribution in [-0.4, -0.2) is 13.2 Å². The summed E-state index contributed by atoms with van der Waals surface area (Å²) in [6.07, 6.45) is 2.60. The SMILES string of the molecule is CCC(C(C)C)C1CCOC1. The number of hydrogen-bond donors (Lipinski definition) is 0. The van der Waals surface area contributed by atoms with E-state index < -0.39 is 0 Å². The normalized spacial score (nSPS) is 27.8. The van der Waals surface area contributed by atoms with Crippen LogP contribution in [0.25, 0.3) is 0 Å². The third-order valence-corrected chi connectivity index (χ3v) is 2.90. The van der Waals surface area contributed by atoms with Gasteiger partial charge in [-0.15, -0.1) is 0 Å². The summed E-state index contributed by atoms with van der Waals surface area (Å²) in [4.78, 5) is 0. The second-order valence-corrected chi connectivity index (χ2v) is 3.94. The van der Waals surface area contributed by atoms with Crippen molar-refractivity contribution in [1.29, 1.82) is 0 Å². The van der Waals surface area contributed by atoms with Crippen LogP contribution >= 0.6 is 0 Å². The monoisotopic (exact) mass is 156 g/mol. The minimum absolute atomic E-state index is 0.826. The van der Waals surface area contributed by atoms with Gasteiger partial charge < -0.3 is 4.74 Å². The van der Waals surface area contributed by atoms with Gasteiger partial charge in [-0.05, 0) is 24.2 Å². The molecule has 2 atom stereocenters. The summed E-state index contributed by atoms with van der Waals surface area (Å²) in [5, 5.41) is 0. The first-order chi connectivity index (χ1) is 5.25. The van der Waals surface area contributed by atoms with Gasteiger partial charge in [0.15, 0.2) is 0 Å². The first kappa shape index (κ1) is 9.05. The third-order valence-electron chi connectivity index (χ3n) is 2.90. The standard InChI is InChI=1S/C10H20O/c1-4-10(8(2)3)9-5-6-11-7-9/h8-10H,4-7H2,1-3H3. The fraction of sp³-hybridized carbons (Fsp3) is 1.00. The average Bonchev–Trinajstić information content (AvgIpc) is 2.40. The van der Waals surface area contributed by atoms with Gasteiger partial charge in [-0.1, -0.05) is 27.2 Å². The van der Waals surface area contributed by atoms with Crippen LogP contribution in [0.1, 0.15) is 33.6 Å². The van der Waals surface area contributed by atoms with Gasteiger partial charge in [0, 0.05) is 13.2 Å². The molecule has 0 spiro atoms. The van der Waals surface area contributed by atoms with Crippen molar-refractivity contribution in [2.45, 2.75) is 33.6 Å². The molecular weight excluding hydrogens is 136 g/mol. The molecule has 0 aromatic carbocycles. The summed E-state index contributed by atoms with van der Waals surface area (Å²) in [6.45, 7) is 8.95. The van der Waals surface area contributed by atoms with Crippen molar-refractivity contribution in [1.82, 2.24) is 0 Å². The molecule has 0 saturated carbocycles. The van der Waals surface area contributed by atoms with Crippen molar-refractivity contribution < 1.29 is 4.74 Å². The van der Waals surface area contributed by atoms with Gasteiger partial charge in [0.1, 0.15) is 0 Å². The lowest BCUT2D eigenvalue weighted by atomic mass is 9.81. The summed E-state index contributed by atoms with van der Waals surface area (Å²) >= 11 is 0. The van der Waals surface area contributed by atoms with E-state index in [9.17, 15) is 0 Å². The summed E-state index contributed by atoms with van der Waals surface area (Å²) < 4.78 is 5.39. The molecule has 1 heterocycles. The van der Waals surface area contributed by atoms with E-state index in [2.05, 4.69) is 20.8 Å². The Morgan fingerprint density at radius 3 is 2.55 bits per heavy atom. The van der Waals surface area contributed by atoms with Crippen LogP contribution in [0.3, 0.4) is 0 Å². The molecule has 0 radical (unpaired) electrons. The minimum atomic E-state index is 0.826. The molecule has 1 rings (SSSR count). The van der Waals surface area contributed by atoms with E-state index >= 15 is 0 Å². The Balaban J connectivity index is 2.40. The molecule has 0 bridgehead atoms. The molecule has 1 nitrogen and oxygen atoms in total. The molecule has 0 N–H and O–H groups in total.